The smallest absolute Gasteiger partial charge is 0.339 e. The molecule has 0 aliphatic heterocycles. The number of hydrogen-bond donors (Lipinski definition) is 2. The molecule has 1 aromatic rings. The molecule has 0 aromatic heterocycles. The summed E-state index contributed by atoms with van der Waals surface area (Å²) in [5.74, 6) is -0.780. The van der Waals surface area contributed by atoms with E-state index in [1.54, 1.807) is 13.0 Å². The number of carbonyl (C=O) groups is 2. The van der Waals surface area contributed by atoms with Crippen LogP contribution in [0.1, 0.15) is 32.7 Å². The zero-order valence-electron chi connectivity index (χ0n) is 11.5. The number of aromatic carboxylic acids is 1. The summed E-state index contributed by atoms with van der Waals surface area (Å²) in [7, 11) is 1.40. The lowest BCUT2D eigenvalue weighted by molar-refractivity contribution is 0.0693. The summed E-state index contributed by atoms with van der Waals surface area (Å²) >= 11 is 0. The van der Waals surface area contributed by atoms with Crippen LogP contribution >= 0.6 is 0 Å². The minimum atomic E-state index is -1.12. The molecule has 1 aliphatic carbocycles. The van der Waals surface area contributed by atoms with Crippen LogP contribution in [0.15, 0.2) is 24.3 Å². The van der Waals surface area contributed by atoms with Gasteiger partial charge in [-0.05, 0) is 31.0 Å². The topological polar surface area (TPSA) is 75.6 Å². The average molecular weight is 275 g/mol. The van der Waals surface area contributed by atoms with Crippen LogP contribution in [0.2, 0.25) is 0 Å². The van der Waals surface area contributed by atoms with Crippen LogP contribution in [0.4, 0.5) is 0 Å². The Hall–Kier alpha value is -2.30. The van der Waals surface area contributed by atoms with Crippen molar-refractivity contribution in [2.24, 2.45) is 5.92 Å². The molecule has 0 heterocycles. The molecule has 1 saturated carbocycles. The molecule has 0 bridgehead atoms. The highest BCUT2D eigenvalue weighted by Crippen LogP contribution is 2.34. The summed E-state index contributed by atoms with van der Waals surface area (Å²) < 4.78 is 5.02. The molecule has 2 rings (SSSR count). The summed E-state index contributed by atoms with van der Waals surface area (Å²) in [6.07, 6.45) is 0.947. The zero-order valence-corrected chi connectivity index (χ0v) is 11.5. The first-order valence-electron chi connectivity index (χ1n) is 6.31. The van der Waals surface area contributed by atoms with Crippen molar-refractivity contribution in [3.63, 3.8) is 0 Å². The summed E-state index contributed by atoms with van der Waals surface area (Å²) in [6.45, 7) is 6.13. The molecular weight excluding hydrogens is 258 g/mol. The van der Waals surface area contributed by atoms with Gasteiger partial charge in [-0.25, -0.2) is 4.79 Å². The SMILES string of the molecule is C=C1CC1CNC(=O)c1cc(C(=O)O)c(OC)cc1C. The molecule has 20 heavy (non-hydrogen) atoms. The Bertz CT molecular complexity index is 592. The number of aryl methyl sites for hydroxylation is 1. The van der Waals surface area contributed by atoms with Crippen LogP contribution in [0.5, 0.6) is 5.75 Å². The highest BCUT2D eigenvalue weighted by molar-refractivity contribution is 6.00. The van der Waals surface area contributed by atoms with Crippen LogP contribution in [-0.2, 0) is 0 Å². The van der Waals surface area contributed by atoms with E-state index in [0.29, 0.717) is 23.6 Å². The lowest BCUT2D eigenvalue weighted by Gasteiger charge is -2.11. The van der Waals surface area contributed by atoms with Crippen molar-refractivity contribution < 1.29 is 19.4 Å². The van der Waals surface area contributed by atoms with E-state index in [2.05, 4.69) is 11.9 Å². The number of rotatable bonds is 5. The largest absolute Gasteiger partial charge is 0.496 e. The van der Waals surface area contributed by atoms with Crippen molar-refractivity contribution in [1.82, 2.24) is 5.32 Å². The Labute approximate surface area is 117 Å². The Morgan fingerprint density at radius 3 is 2.60 bits per heavy atom. The molecule has 1 fully saturated rings. The van der Waals surface area contributed by atoms with Crippen LogP contribution in [0.3, 0.4) is 0 Å². The van der Waals surface area contributed by atoms with Crippen LogP contribution in [-0.4, -0.2) is 30.6 Å². The van der Waals surface area contributed by atoms with Crippen LogP contribution in [0, 0.1) is 12.8 Å². The first kappa shape index (κ1) is 14.1. The number of benzene rings is 1. The quantitative estimate of drug-likeness (QED) is 0.806. The summed E-state index contributed by atoms with van der Waals surface area (Å²) in [5.41, 5.74) is 2.16. The predicted molar refractivity (Wildman–Crippen MR) is 74.3 cm³/mol. The van der Waals surface area contributed by atoms with Crippen molar-refractivity contribution in [2.75, 3.05) is 13.7 Å². The van der Waals surface area contributed by atoms with E-state index < -0.39 is 5.97 Å². The van der Waals surface area contributed by atoms with Crippen molar-refractivity contribution in [3.05, 3.63) is 41.0 Å². The van der Waals surface area contributed by atoms with Crippen molar-refractivity contribution in [2.45, 2.75) is 13.3 Å². The molecule has 5 nitrogen and oxygen atoms in total. The zero-order chi connectivity index (χ0) is 14.9. The summed E-state index contributed by atoms with van der Waals surface area (Å²) in [4.78, 5) is 23.3. The first-order chi connectivity index (χ1) is 9.43. The highest BCUT2D eigenvalue weighted by atomic mass is 16.5. The maximum atomic E-state index is 12.1. The Morgan fingerprint density at radius 2 is 2.10 bits per heavy atom. The van der Waals surface area contributed by atoms with Gasteiger partial charge >= 0.3 is 5.97 Å². The van der Waals surface area contributed by atoms with Gasteiger partial charge in [0.2, 0.25) is 0 Å². The molecule has 1 aromatic carbocycles. The number of carboxylic acid groups (broad SMARTS) is 1. The second kappa shape index (κ2) is 5.36. The Balaban J connectivity index is 2.21. The third kappa shape index (κ3) is 2.82. The van der Waals surface area contributed by atoms with E-state index in [0.717, 1.165) is 12.0 Å². The van der Waals surface area contributed by atoms with Crippen LogP contribution in [0.25, 0.3) is 0 Å². The number of nitrogens with one attached hydrogen (secondary N) is 1. The molecule has 1 aliphatic rings. The predicted octanol–water partition coefficient (Wildman–Crippen LogP) is 2.01. The molecule has 5 heteroatoms. The second-order valence-electron chi connectivity index (χ2n) is 4.94. The number of amides is 1. The van der Waals surface area contributed by atoms with Gasteiger partial charge < -0.3 is 15.2 Å². The molecular formula is C15H17NO4. The van der Waals surface area contributed by atoms with E-state index in [1.807, 2.05) is 0 Å². The number of methoxy groups -OCH3 is 1. The second-order valence-corrected chi connectivity index (χ2v) is 4.94. The molecule has 1 unspecified atom stereocenters. The van der Waals surface area contributed by atoms with Crippen molar-refractivity contribution in [3.8, 4) is 5.75 Å². The van der Waals surface area contributed by atoms with Gasteiger partial charge in [-0.3, -0.25) is 4.79 Å². The van der Waals surface area contributed by atoms with Gasteiger partial charge in [0.05, 0.1) is 7.11 Å². The summed E-state index contributed by atoms with van der Waals surface area (Å²) in [5, 5.41) is 11.9. The van der Waals surface area contributed by atoms with E-state index in [4.69, 9.17) is 9.84 Å². The first-order valence-corrected chi connectivity index (χ1v) is 6.31. The van der Waals surface area contributed by atoms with Gasteiger partial charge in [0.1, 0.15) is 11.3 Å². The standard InChI is InChI=1S/C15H17NO4/c1-8-4-10(8)7-16-14(17)11-6-12(15(18)19)13(20-3)5-9(11)2/h5-6,10H,1,4,7H2,2-3H3,(H,16,17)(H,18,19). The van der Waals surface area contributed by atoms with Crippen molar-refractivity contribution in [1.29, 1.82) is 0 Å². The minimum Gasteiger partial charge on any atom is -0.496 e. The van der Waals surface area contributed by atoms with Gasteiger partial charge in [0.15, 0.2) is 0 Å². The third-order valence-electron chi connectivity index (χ3n) is 3.46. The fraction of sp³-hybridized carbons (Fsp3) is 0.333. The minimum absolute atomic E-state index is 0.0147. The lowest BCUT2D eigenvalue weighted by atomic mass is 10.0. The highest BCUT2D eigenvalue weighted by Gasteiger charge is 2.27. The maximum absolute atomic E-state index is 12.1. The number of carboxylic acids is 1. The van der Waals surface area contributed by atoms with E-state index in [9.17, 15) is 9.59 Å². The fourth-order valence-electron chi connectivity index (χ4n) is 2.05. The Kier molecular flexibility index (Phi) is 3.79. The molecule has 106 valence electrons. The van der Waals surface area contributed by atoms with Gasteiger partial charge in [-0.2, -0.15) is 0 Å². The lowest BCUT2D eigenvalue weighted by Crippen LogP contribution is -2.26. The summed E-state index contributed by atoms with van der Waals surface area (Å²) in [6, 6.07) is 2.92. The molecule has 0 saturated heterocycles. The molecule has 2 N–H and O–H groups in total. The third-order valence-corrected chi connectivity index (χ3v) is 3.46. The molecule has 0 spiro atoms. The number of hydrogen-bond acceptors (Lipinski definition) is 3. The average Bonchev–Trinajstić information content (AvgIpc) is 3.11. The maximum Gasteiger partial charge on any atom is 0.339 e. The Morgan fingerprint density at radius 1 is 1.45 bits per heavy atom. The van der Waals surface area contributed by atoms with Gasteiger partial charge in [0, 0.05) is 18.0 Å². The monoisotopic (exact) mass is 275 g/mol. The molecule has 1 atom stereocenters. The number of carbonyl (C=O) groups excluding carboxylic acids is 1. The van der Waals surface area contributed by atoms with Gasteiger partial charge in [0.25, 0.3) is 5.91 Å². The van der Waals surface area contributed by atoms with Gasteiger partial charge in [-0.1, -0.05) is 12.2 Å². The number of ether oxygens (including phenoxy) is 1. The van der Waals surface area contributed by atoms with Crippen LogP contribution < -0.4 is 10.1 Å². The van der Waals surface area contributed by atoms with E-state index in [1.165, 1.54) is 13.2 Å². The fourth-order valence-corrected chi connectivity index (χ4v) is 2.05. The molecule has 0 radical (unpaired) electrons. The molecule has 1 amide bonds. The van der Waals surface area contributed by atoms with Gasteiger partial charge in [-0.15, -0.1) is 0 Å². The van der Waals surface area contributed by atoms with E-state index in [-0.39, 0.29) is 17.2 Å². The van der Waals surface area contributed by atoms with Crippen molar-refractivity contribution >= 4 is 11.9 Å². The van der Waals surface area contributed by atoms with E-state index >= 15 is 0 Å². The normalized spacial score (nSPS) is 16.7.